The fraction of sp³-hybridized carbons (Fsp3) is 0.286. The second-order valence-corrected chi connectivity index (χ2v) is 6.35. The molecule has 0 saturated heterocycles. The Hall–Kier alpha value is -0.910. The molecule has 0 aliphatic heterocycles. The number of hydrogen-bond acceptors (Lipinski definition) is 3. The third-order valence-electron chi connectivity index (χ3n) is 2.86. The third kappa shape index (κ3) is 3.35. The van der Waals surface area contributed by atoms with Gasteiger partial charge in [0.05, 0.1) is 18.3 Å². The van der Waals surface area contributed by atoms with Gasteiger partial charge in [-0.2, -0.15) is 0 Å². The van der Waals surface area contributed by atoms with Gasteiger partial charge in [0, 0.05) is 27.3 Å². The van der Waals surface area contributed by atoms with Crippen molar-refractivity contribution in [3.8, 4) is 0 Å². The van der Waals surface area contributed by atoms with E-state index in [1.807, 2.05) is 23.4 Å². The van der Waals surface area contributed by atoms with Crippen LogP contribution in [0.15, 0.2) is 34.1 Å². The van der Waals surface area contributed by atoms with Gasteiger partial charge in [0.15, 0.2) is 0 Å². The Labute approximate surface area is 124 Å². The Balaban J connectivity index is 2.30. The van der Waals surface area contributed by atoms with Crippen LogP contribution in [0.3, 0.4) is 0 Å². The maximum Gasteiger partial charge on any atom is 0.146 e. The average Bonchev–Trinajstić information content (AvgIpc) is 2.74. The van der Waals surface area contributed by atoms with Gasteiger partial charge < -0.3 is 10.0 Å². The van der Waals surface area contributed by atoms with Crippen LogP contribution in [0.5, 0.6) is 0 Å². The fourth-order valence-corrected chi connectivity index (χ4v) is 3.52. The van der Waals surface area contributed by atoms with Crippen molar-refractivity contribution in [3.63, 3.8) is 0 Å². The molecule has 1 atom stereocenters. The third-order valence-corrected chi connectivity index (χ3v) is 4.55. The first kappa shape index (κ1) is 14.5. The Morgan fingerprint density at radius 1 is 1.47 bits per heavy atom. The van der Waals surface area contributed by atoms with Gasteiger partial charge in [0.1, 0.15) is 5.82 Å². The van der Waals surface area contributed by atoms with Crippen LogP contribution < -0.4 is 4.90 Å². The zero-order valence-electron chi connectivity index (χ0n) is 10.7. The van der Waals surface area contributed by atoms with E-state index in [1.54, 1.807) is 30.4 Å². The van der Waals surface area contributed by atoms with E-state index < -0.39 is 6.10 Å². The monoisotopic (exact) mass is 343 g/mol. The van der Waals surface area contributed by atoms with E-state index >= 15 is 0 Å². The molecule has 0 radical (unpaired) electrons. The molecule has 0 spiro atoms. The summed E-state index contributed by atoms with van der Waals surface area (Å²) in [4.78, 5) is 2.96. The van der Waals surface area contributed by atoms with Crippen molar-refractivity contribution >= 4 is 33.0 Å². The van der Waals surface area contributed by atoms with Crippen molar-refractivity contribution in [1.82, 2.24) is 0 Å². The number of rotatable bonds is 4. The van der Waals surface area contributed by atoms with Crippen molar-refractivity contribution in [2.24, 2.45) is 0 Å². The molecule has 5 heteroatoms. The lowest BCUT2D eigenvalue weighted by atomic mass is 10.1. The number of aliphatic hydroxyl groups excluding tert-OH is 1. The van der Waals surface area contributed by atoms with E-state index in [2.05, 4.69) is 15.9 Å². The standard InChI is InChI=1S/C14H15BrFNOS/c1-9(18)12-4-3-5-13(16)14(12)17(2)7-11-6-10(15)8-19-11/h3-6,8-9,18H,7H2,1-2H3/t9-/m0/s1. The molecular weight excluding hydrogens is 329 g/mol. The molecule has 0 amide bonds. The highest BCUT2D eigenvalue weighted by atomic mass is 79.9. The molecule has 0 bridgehead atoms. The number of thiophene rings is 1. The van der Waals surface area contributed by atoms with Gasteiger partial charge in [0.25, 0.3) is 0 Å². The zero-order chi connectivity index (χ0) is 14.0. The van der Waals surface area contributed by atoms with E-state index in [0.29, 0.717) is 17.8 Å². The van der Waals surface area contributed by atoms with Crippen molar-refractivity contribution in [2.45, 2.75) is 19.6 Å². The molecule has 0 aliphatic rings. The van der Waals surface area contributed by atoms with E-state index in [-0.39, 0.29) is 5.82 Å². The summed E-state index contributed by atoms with van der Waals surface area (Å²) in [7, 11) is 1.83. The van der Waals surface area contributed by atoms with Gasteiger partial charge in [0.2, 0.25) is 0 Å². The quantitative estimate of drug-likeness (QED) is 0.892. The Morgan fingerprint density at radius 2 is 2.21 bits per heavy atom. The minimum absolute atomic E-state index is 0.309. The molecule has 0 aliphatic carbocycles. The van der Waals surface area contributed by atoms with Crippen LogP contribution in [-0.2, 0) is 6.54 Å². The van der Waals surface area contributed by atoms with E-state index in [9.17, 15) is 9.50 Å². The lowest BCUT2D eigenvalue weighted by Crippen LogP contribution is -2.19. The maximum absolute atomic E-state index is 14.0. The topological polar surface area (TPSA) is 23.5 Å². The van der Waals surface area contributed by atoms with Crippen LogP contribution in [0.2, 0.25) is 0 Å². The zero-order valence-corrected chi connectivity index (χ0v) is 13.1. The van der Waals surface area contributed by atoms with Crippen LogP contribution >= 0.6 is 27.3 Å². The highest BCUT2D eigenvalue weighted by Gasteiger charge is 2.16. The van der Waals surface area contributed by atoms with Gasteiger partial charge in [-0.1, -0.05) is 12.1 Å². The highest BCUT2D eigenvalue weighted by Crippen LogP contribution is 2.30. The number of benzene rings is 1. The number of nitrogens with zero attached hydrogens (tertiary/aromatic N) is 1. The highest BCUT2D eigenvalue weighted by molar-refractivity contribution is 9.10. The summed E-state index contributed by atoms with van der Waals surface area (Å²) < 4.78 is 15.0. The summed E-state index contributed by atoms with van der Waals surface area (Å²) in [5.74, 6) is -0.309. The largest absolute Gasteiger partial charge is 0.389 e. The predicted octanol–water partition coefficient (Wildman–Crippen LogP) is 4.34. The smallest absolute Gasteiger partial charge is 0.146 e. The molecule has 0 saturated carbocycles. The van der Waals surface area contributed by atoms with Crippen molar-refractivity contribution in [3.05, 3.63) is 50.4 Å². The first-order valence-electron chi connectivity index (χ1n) is 5.89. The minimum Gasteiger partial charge on any atom is -0.389 e. The number of halogens is 2. The molecule has 0 fully saturated rings. The van der Waals surface area contributed by atoms with Crippen LogP contribution in [0, 0.1) is 5.82 Å². The van der Waals surface area contributed by atoms with Crippen molar-refractivity contribution in [2.75, 3.05) is 11.9 Å². The van der Waals surface area contributed by atoms with Gasteiger partial charge in [-0.3, -0.25) is 0 Å². The summed E-state index contributed by atoms with van der Waals surface area (Å²) >= 11 is 5.03. The normalized spacial score (nSPS) is 12.5. The molecule has 2 nitrogen and oxygen atoms in total. The number of para-hydroxylation sites is 1. The van der Waals surface area contributed by atoms with Crippen molar-refractivity contribution < 1.29 is 9.50 Å². The SMILES string of the molecule is C[C@H](O)c1cccc(F)c1N(C)Cc1cc(Br)cs1. The Kier molecular flexibility index (Phi) is 4.60. The molecule has 0 unspecified atom stereocenters. The Bertz CT molecular complexity index is 570. The van der Waals surface area contributed by atoms with E-state index in [0.717, 1.165) is 9.35 Å². The molecule has 1 N–H and O–H groups in total. The molecule has 2 rings (SSSR count). The number of aliphatic hydroxyl groups is 1. The molecule has 19 heavy (non-hydrogen) atoms. The van der Waals surface area contributed by atoms with Crippen molar-refractivity contribution in [1.29, 1.82) is 0 Å². The predicted molar refractivity (Wildman–Crippen MR) is 81.2 cm³/mol. The molecule has 102 valence electrons. The van der Waals surface area contributed by atoms with E-state index in [1.165, 1.54) is 6.07 Å². The van der Waals surface area contributed by atoms with Gasteiger partial charge >= 0.3 is 0 Å². The lowest BCUT2D eigenvalue weighted by Gasteiger charge is -2.23. The van der Waals surface area contributed by atoms with Crippen LogP contribution in [-0.4, -0.2) is 12.2 Å². The summed E-state index contributed by atoms with van der Waals surface area (Å²) in [6, 6.07) is 6.81. The van der Waals surface area contributed by atoms with Crippen LogP contribution in [0.4, 0.5) is 10.1 Å². The second-order valence-electron chi connectivity index (χ2n) is 4.44. The fourth-order valence-electron chi connectivity index (χ4n) is 2.02. The minimum atomic E-state index is -0.691. The average molecular weight is 344 g/mol. The lowest BCUT2D eigenvalue weighted by molar-refractivity contribution is 0.199. The summed E-state index contributed by atoms with van der Waals surface area (Å²) in [6.45, 7) is 2.25. The first-order chi connectivity index (χ1) is 8.99. The number of hydrogen-bond donors (Lipinski definition) is 1. The molecule has 1 aromatic heterocycles. The summed E-state index contributed by atoms with van der Waals surface area (Å²) in [5.41, 5.74) is 1.07. The molecule has 1 aromatic carbocycles. The Morgan fingerprint density at radius 3 is 2.79 bits per heavy atom. The van der Waals surface area contributed by atoms with Crippen LogP contribution in [0.25, 0.3) is 0 Å². The summed E-state index contributed by atoms with van der Waals surface area (Å²) in [5, 5.41) is 11.7. The maximum atomic E-state index is 14.0. The molecule has 2 aromatic rings. The molecule has 1 heterocycles. The van der Waals surface area contributed by atoms with Gasteiger partial charge in [-0.05, 0) is 35.0 Å². The first-order valence-corrected chi connectivity index (χ1v) is 7.57. The second kappa shape index (κ2) is 6.03. The van der Waals surface area contributed by atoms with Gasteiger partial charge in [-0.25, -0.2) is 4.39 Å². The summed E-state index contributed by atoms with van der Waals surface area (Å²) in [6.07, 6.45) is -0.691. The van der Waals surface area contributed by atoms with E-state index in [4.69, 9.17) is 0 Å². The van der Waals surface area contributed by atoms with Crippen LogP contribution in [0.1, 0.15) is 23.5 Å². The van der Waals surface area contributed by atoms with Gasteiger partial charge in [-0.15, -0.1) is 11.3 Å². The number of anilines is 1. The molecular formula is C14H15BrFNOS.